The highest BCUT2D eigenvalue weighted by Gasteiger charge is 2.62. The van der Waals surface area contributed by atoms with Crippen LogP contribution in [0.3, 0.4) is 0 Å². The van der Waals surface area contributed by atoms with Gasteiger partial charge in [-0.05, 0) is 145 Å². The van der Waals surface area contributed by atoms with Crippen LogP contribution in [0.5, 0.6) is 0 Å². The Morgan fingerprint density at radius 1 is 0.331 bits per heavy atom. The third-order valence-electron chi connectivity index (χ3n) is 26.2. The van der Waals surface area contributed by atoms with E-state index in [1.54, 1.807) is 46.9 Å². The molecule has 0 aromatic carbocycles. The van der Waals surface area contributed by atoms with E-state index in [4.69, 9.17) is 4.74 Å². The number of carbonyl (C=O) groups is 1. The Hall–Kier alpha value is -10.8. The molecule has 0 bridgehead atoms. The molecule has 5 aliphatic rings. The van der Waals surface area contributed by atoms with Crippen LogP contribution in [0, 0.1) is 59.2 Å². The third kappa shape index (κ3) is 18.9. The number of ether oxygens (including phenoxy) is 1. The van der Waals surface area contributed by atoms with Crippen LogP contribution in [0.15, 0.2) is 79.6 Å². The van der Waals surface area contributed by atoms with E-state index in [0.717, 1.165) is 46.0 Å². The minimum Gasteiger partial charge on any atom is -0.469 e. The summed E-state index contributed by atoms with van der Waals surface area (Å²) in [4.78, 5) is 156. The molecule has 52 heteroatoms. The maximum Gasteiger partial charge on any atom is 0.417 e. The highest BCUT2D eigenvalue weighted by atomic mass is 28.3. The summed E-state index contributed by atoms with van der Waals surface area (Å²) in [7, 11) is 14.3. The van der Waals surface area contributed by atoms with Crippen molar-refractivity contribution >= 4 is 69.9 Å². The molecule has 0 amide bonds. The Bertz CT molecular complexity index is 5970. The minimum atomic E-state index is -4.71. The lowest BCUT2D eigenvalue weighted by Crippen LogP contribution is -2.54. The fraction of sp³-hybridized carbons (Fsp3) is 0.667. The zero-order valence-electron chi connectivity index (χ0n) is 74.1. The molecular weight excluding hydrogens is 1790 g/mol. The van der Waals surface area contributed by atoms with Crippen molar-refractivity contribution in [2.75, 3.05) is 7.11 Å². The molecule has 10 heterocycles. The second kappa shape index (κ2) is 35.7. The highest BCUT2D eigenvalue weighted by Crippen LogP contribution is 2.52. The normalized spacial score (nSPS) is 22.5. The Labute approximate surface area is 726 Å². The van der Waals surface area contributed by atoms with Crippen LogP contribution >= 0.6 is 0 Å². The van der Waals surface area contributed by atoms with Crippen LogP contribution in [-0.2, 0) is 113 Å². The Morgan fingerprint density at radius 2 is 0.485 bits per heavy atom. The zero-order valence-corrected chi connectivity index (χ0v) is 75.1. The van der Waals surface area contributed by atoms with Crippen molar-refractivity contribution in [3.05, 3.63) is 136 Å². The quantitative estimate of drug-likeness (QED) is 0.0585. The predicted molar refractivity (Wildman–Crippen MR) is 440 cm³/mol. The fourth-order valence-electron chi connectivity index (χ4n) is 16.6. The van der Waals surface area contributed by atoms with Crippen molar-refractivity contribution < 1.29 is 95.8 Å². The van der Waals surface area contributed by atoms with Crippen molar-refractivity contribution in [2.24, 2.45) is 130 Å². The van der Waals surface area contributed by atoms with Crippen molar-refractivity contribution in [1.29, 1.82) is 0 Å². The molecule has 4 atom stereocenters. The molecule has 4 N–H and O–H groups in total. The minimum absolute atomic E-state index is 0.0249. The van der Waals surface area contributed by atoms with Gasteiger partial charge in [-0.3, -0.25) is 74.4 Å². The first-order valence-corrected chi connectivity index (χ1v) is 44.3. The summed E-state index contributed by atoms with van der Waals surface area (Å²) in [5.41, 5.74) is -13.1. The van der Waals surface area contributed by atoms with Crippen LogP contribution in [0.1, 0.15) is 91.9 Å². The van der Waals surface area contributed by atoms with Gasteiger partial charge in [-0.2, -0.15) is 65.9 Å². The third-order valence-corrected chi connectivity index (χ3v) is 27.9. The van der Waals surface area contributed by atoms with Crippen LogP contribution < -0.4 is 56.2 Å². The summed E-state index contributed by atoms with van der Waals surface area (Å²) < 4.78 is 213. The molecule has 5 aliphatic carbocycles. The Balaban J connectivity index is 0.000000165. The molecule has 10 aromatic heterocycles. The fourth-order valence-corrected chi connectivity index (χ4v) is 16.6. The summed E-state index contributed by atoms with van der Waals surface area (Å²) in [6, 6.07) is 0. The van der Waals surface area contributed by atoms with Crippen LogP contribution in [0.2, 0.25) is 19.6 Å². The number of carbonyl (C=O) groups excluding carboxylic acids is 1. The maximum absolute atomic E-state index is 12.9. The van der Waals surface area contributed by atoms with Gasteiger partial charge in [0.05, 0.1) is 44.7 Å². The lowest BCUT2D eigenvalue weighted by molar-refractivity contribution is -0.284. The van der Waals surface area contributed by atoms with E-state index >= 15 is 0 Å². The SMILES string of the molecule is COC(=O)C1CC(Cn2c(=O)c3c(ncn3C)n(C)c2=O)C1.C[Si](C)(C)C(F)(F)F.Cn1cnc2c1c(=O)n(CC1CC(C(C)(O)C(F)(F)F)C1)c(=O)n2C.Cn1cnc2c1c(=O)n(CC1CC(C(C)(O)C(F)(F)F)C1)c(=O)n2C.Cn1cnc2c1c(=O)n(CC1CC(C(C)(O)C(F)(F)F)C1)c(=O)n2C.Cn1cnc2c1c(=O)n(CC1CC(C(C)(O)C(F)(F)F)C1)c(=O)n2C. The molecule has 36 nitrogen and oxygen atoms in total. The molecule has 10 aromatic rings. The molecule has 0 spiro atoms. The van der Waals surface area contributed by atoms with E-state index in [0.29, 0.717) is 30.6 Å². The lowest BCUT2D eigenvalue weighted by atomic mass is 9.66. The maximum atomic E-state index is 12.9. The molecule has 130 heavy (non-hydrogen) atoms. The molecule has 5 saturated carbocycles. The summed E-state index contributed by atoms with van der Waals surface area (Å²) >= 11 is 0. The number of hydrogen-bond acceptors (Lipinski definition) is 21. The van der Waals surface area contributed by atoms with Gasteiger partial charge in [0.1, 0.15) is 0 Å². The van der Waals surface area contributed by atoms with Crippen molar-refractivity contribution in [3.8, 4) is 0 Å². The first-order chi connectivity index (χ1) is 59.5. The number of aromatic nitrogens is 20. The molecular formula is C78H103F15N20O16Si. The Morgan fingerprint density at radius 3 is 0.623 bits per heavy atom. The number of rotatable bonds is 15. The summed E-state index contributed by atoms with van der Waals surface area (Å²) in [6.45, 7) is 7.33. The van der Waals surface area contributed by atoms with E-state index in [-0.39, 0.29) is 175 Å². The summed E-state index contributed by atoms with van der Waals surface area (Å²) in [6.07, 6.45) is -9.48. The molecule has 0 aliphatic heterocycles. The first-order valence-electron chi connectivity index (χ1n) is 40.8. The molecule has 0 radical (unpaired) electrons. The molecule has 4 unspecified atom stereocenters. The van der Waals surface area contributed by atoms with Gasteiger partial charge >= 0.3 is 64.9 Å². The number of esters is 1. The number of aryl methyl sites for hydroxylation is 10. The van der Waals surface area contributed by atoms with Crippen LogP contribution in [-0.4, -0.2) is 188 Å². The number of methoxy groups -OCH3 is 1. The zero-order chi connectivity index (χ0) is 97.9. The van der Waals surface area contributed by atoms with E-state index < -0.39 is 130 Å². The van der Waals surface area contributed by atoms with E-state index in [1.807, 2.05) is 0 Å². The van der Waals surface area contributed by atoms with Gasteiger partial charge in [0, 0.05) is 103 Å². The monoisotopic (exact) mass is 1890 g/mol. The van der Waals surface area contributed by atoms with Gasteiger partial charge < -0.3 is 48.0 Å². The van der Waals surface area contributed by atoms with Gasteiger partial charge in [0.15, 0.2) is 86.3 Å². The number of hydrogen-bond donors (Lipinski definition) is 4. The standard InChI is InChI=1S/4C15H19F3N4O3.C14H18N4O4.C4H9F3Si/c4*1-14(25,15(16,17)18)9-4-8(5-9)6-22-12(23)10-11(19-7-20(10)2)21(3)13(22)24;1-16-7-15-11-10(16)12(19)18(14(21)17(11)2)6-8-4-9(5-8)13(20)22-3;1-8(2,3)4(5,6)7/h4*7-9,25H,4-6H2,1-3H3;7-9H,4-6H2,1-3H3;1-3H3. The first kappa shape index (κ1) is 101. The second-order valence-electron chi connectivity index (χ2n) is 36.4. The van der Waals surface area contributed by atoms with E-state index in [9.17, 15) is 139 Å². The van der Waals surface area contributed by atoms with Crippen molar-refractivity contribution in [3.63, 3.8) is 0 Å². The summed E-state index contributed by atoms with van der Waals surface area (Å²) in [5, 5.41) is 38.7. The van der Waals surface area contributed by atoms with Gasteiger partial charge in [-0.15, -0.1) is 0 Å². The second-order valence-corrected chi connectivity index (χ2v) is 41.5. The average molecular weight is 1890 g/mol. The van der Waals surface area contributed by atoms with Crippen LogP contribution in [0.25, 0.3) is 55.8 Å². The topological polar surface area (TPSA) is 416 Å². The molecule has 0 saturated heterocycles. The smallest absolute Gasteiger partial charge is 0.417 e. The number of alkyl halides is 15. The average Bonchev–Trinajstić information content (AvgIpc) is 1.59. The highest BCUT2D eigenvalue weighted by molar-refractivity contribution is 6.78. The van der Waals surface area contributed by atoms with Gasteiger partial charge in [0.2, 0.25) is 0 Å². The van der Waals surface area contributed by atoms with E-state index in [1.165, 1.54) is 132 Å². The van der Waals surface area contributed by atoms with Crippen LogP contribution in [0.4, 0.5) is 65.9 Å². The lowest BCUT2D eigenvalue weighted by Gasteiger charge is -2.44. The van der Waals surface area contributed by atoms with Crippen molar-refractivity contribution in [1.82, 2.24) is 93.4 Å². The number of nitrogens with zero attached hydrogens (tertiary/aromatic N) is 20. The van der Waals surface area contributed by atoms with Gasteiger partial charge in [-0.1, -0.05) is 19.6 Å². The molecule has 15 rings (SSSR count). The summed E-state index contributed by atoms with van der Waals surface area (Å²) in [5.74, 6) is -8.93. The van der Waals surface area contributed by atoms with E-state index in [2.05, 4.69) is 24.9 Å². The number of halogens is 15. The molecule has 720 valence electrons. The van der Waals surface area contributed by atoms with Crippen molar-refractivity contribution in [2.45, 2.75) is 197 Å². The number of imidazole rings is 5. The largest absolute Gasteiger partial charge is 0.469 e. The molecule has 5 fully saturated rings. The Kier molecular flexibility index (Phi) is 27.9. The van der Waals surface area contributed by atoms with Gasteiger partial charge in [-0.25, -0.2) is 48.9 Å². The number of aliphatic hydroxyl groups is 4. The number of fused-ring (bicyclic) bond motifs is 5. The van der Waals surface area contributed by atoms with Gasteiger partial charge in [0.25, 0.3) is 27.8 Å². The predicted octanol–water partition coefficient (Wildman–Crippen LogP) is 5.15.